The highest BCUT2D eigenvalue weighted by Gasteiger charge is 2.19. The summed E-state index contributed by atoms with van der Waals surface area (Å²) in [5.74, 6) is 1.47. The number of piperazine rings is 1. The predicted molar refractivity (Wildman–Crippen MR) is 123 cm³/mol. The van der Waals surface area contributed by atoms with E-state index in [-0.39, 0.29) is 5.56 Å². The molecule has 0 N–H and O–H groups in total. The van der Waals surface area contributed by atoms with Crippen LogP contribution in [0, 0.1) is 0 Å². The monoisotopic (exact) mass is 431 g/mol. The molecule has 4 aromatic rings. The Hall–Kier alpha value is -3.72. The van der Waals surface area contributed by atoms with E-state index in [2.05, 4.69) is 37.1 Å². The molecule has 32 heavy (non-hydrogen) atoms. The third kappa shape index (κ3) is 4.06. The molecule has 9 heteroatoms. The normalized spacial score (nSPS) is 14.7. The van der Waals surface area contributed by atoms with Gasteiger partial charge in [0.05, 0.1) is 19.2 Å². The molecule has 9 nitrogen and oxygen atoms in total. The van der Waals surface area contributed by atoms with Gasteiger partial charge in [-0.3, -0.25) is 14.7 Å². The fourth-order valence-corrected chi connectivity index (χ4v) is 4.09. The maximum atomic E-state index is 12.3. The van der Waals surface area contributed by atoms with E-state index in [0.717, 1.165) is 49.4 Å². The molecule has 0 atom stereocenters. The minimum atomic E-state index is -0.100. The SMILES string of the molecule is COc1ccc2nccc(N3CCN(CCn4nc(-n5cccn5)ccc4=O)CC3)c2c1. The average molecular weight is 432 g/mol. The first-order valence-electron chi connectivity index (χ1n) is 10.7. The van der Waals surface area contributed by atoms with Crippen LogP contribution in [0.5, 0.6) is 5.75 Å². The van der Waals surface area contributed by atoms with Crippen molar-refractivity contribution in [1.82, 2.24) is 29.4 Å². The zero-order chi connectivity index (χ0) is 21.9. The van der Waals surface area contributed by atoms with Gasteiger partial charge >= 0.3 is 0 Å². The van der Waals surface area contributed by atoms with E-state index in [9.17, 15) is 4.79 Å². The number of hydrogen-bond donors (Lipinski definition) is 0. The summed E-state index contributed by atoms with van der Waals surface area (Å²) >= 11 is 0. The second kappa shape index (κ2) is 8.80. The topological polar surface area (TPSA) is 81.3 Å². The first kappa shape index (κ1) is 20.2. The Bertz CT molecular complexity index is 1260. The van der Waals surface area contributed by atoms with Crippen molar-refractivity contribution in [2.24, 2.45) is 0 Å². The molecule has 3 aromatic heterocycles. The summed E-state index contributed by atoms with van der Waals surface area (Å²) in [6.45, 7) is 4.97. The van der Waals surface area contributed by atoms with Crippen molar-refractivity contribution >= 4 is 16.6 Å². The first-order valence-corrected chi connectivity index (χ1v) is 10.7. The molecule has 0 unspecified atom stereocenters. The van der Waals surface area contributed by atoms with E-state index in [4.69, 9.17) is 4.74 Å². The Balaban J connectivity index is 1.24. The van der Waals surface area contributed by atoms with Gasteiger partial charge in [-0.05, 0) is 36.4 Å². The summed E-state index contributed by atoms with van der Waals surface area (Å²) in [5.41, 5.74) is 2.04. The average Bonchev–Trinajstić information content (AvgIpc) is 3.38. The van der Waals surface area contributed by atoms with Gasteiger partial charge in [-0.15, -0.1) is 5.10 Å². The molecule has 1 aliphatic rings. The molecule has 1 saturated heterocycles. The summed E-state index contributed by atoms with van der Waals surface area (Å²) in [5, 5.41) is 9.75. The number of aromatic nitrogens is 5. The minimum absolute atomic E-state index is 0.100. The molecule has 0 bridgehead atoms. The molecule has 4 heterocycles. The number of pyridine rings is 1. The van der Waals surface area contributed by atoms with Crippen molar-refractivity contribution in [3.63, 3.8) is 0 Å². The van der Waals surface area contributed by atoms with Crippen molar-refractivity contribution in [3.8, 4) is 11.6 Å². The van der Waals surface area contributed by atoms with Gasteiger partial charge in [-0.25, -0.2) is 9.36 Å². The molecular weight excluding hydrogens is 406 g/mol. The maximum Gasteiger partial charge on any atom is 0.266 e. The Morgan fingerprint density at radius 2 is 1.88 bits per heavy atom. The maximum absolute atomic E-state index is 12.3. The van der Waals surface area contributed by atoms with E-state index < -0.39 is 0 Å². The zero-order valence-corrected chi connectivity index (χ0v) is 18.0. The highest BCUT2D eigenvalue weighted by Crippen LogP contribution is 2.29. The fourth-order valence-electron chi connectivity index (χ4n) is 4.09. The van der Waals surface area contributed by atoms with E-state index in [1.165, 1.54) is 10.4 Å². The van der Waals surface area contributed by atoms with E-state index in [1.54, 1.807) is 30.1 Å². The van der Waals surface area contributed by atoms with Crippen molar-refractivity contribution < 1.29 is 4.74 Å². The molecule has 5 rings (SSSR count). The smallest absolute Gasteiger partial charge is 0.266 e. The molecular formula is C23H25N7O2. The van der Waals surface area contributed by atoms with Crippen LogP contribution in [0.4, 0.5) is 5.69 Å². The quantitative estimate of drug-likeness (QED) is 0.461. The molecule has 1 fully saturated rings. The number of ether oxygens (including phenoxy) is 1. The highest BCUT2D eigenvalue weighted by atomic mass is 16.5. The number of benzene rings is 1. The van der Waals surface area contributed by atoms with Crippen LogP contribution >= 0.6 is 0 Å². The van der Waals surface area contributed by atoms with Gasteiger partial charge in [0, 0.05) is 68.5 Å². The summed E-state index contributed by atoms with van der Waals surface area (Å²) in [6.07, 6.45) is 5.37. The predicted octanol–water partition coefficient (Wildman–Crippen LogP) is 1.81. The molecule has 1 aliphatic heterocycles. The summed E-state index contributed by atoms with van der Waals surface area (Å²) in [7, 11) is 1.68. The summed E-state index contributed by atoms with van der Waals surface area (Å²) in [6, 6.07) is 13.1. The van der Waals surface area contributed by atoms with Gasteiger partial charge in [0.2, 0.25) is 0 Å². The van der Waals surface area contributed by atoms with Crippen LogP contribution in [0.15, 0.2) is 65.8 Å². The Morgan fingerprint density at radius 3 is 2.66 bits per heavy atom. The van der Waals surface area contributed by atoms with Crippen molar-refractivity contribution in [2.45, 2.75) is 6.54 Å². The van der Waals surface area contributed by atoms with E-state index in [1.807, 2.05) is 30.6 Å². The van der Waals surface area contributed by atoms with Crippen LogP contribution in [0.2, 0.25) is 0 Å². The number of methoxy groups -OCH3 is 1. The zero-order valence-electron chi connectivity index (χ0n) is 18.0. The second-order valence-electron chi connectivity index (χ2n) is 7.75. The number of hydrogen-bond acceptors (Lipinski definition) is 7. The van der Waals surface area contributed by atoms with Gasteiger partial charge < -0.3 is 9.64 Å². The van der Waals surface area contributed by atoms with E-state index >= 15 is 0 Å². The number of nitrogens with zero attached hydrogens (tertiary/aromatic N) is 7. The summed E-state index contributed by atoms with van der Waals surface area (Å²) < 4.78 is 8.58. The Labute approximate surface area is 185 Å². The van der Waals surface area contributed by atoms with Crippen molar-refractivity contribution in [3.05, 3.63) is 71.4 Å². The summed E-state index contributed by atoms with van der Waals surface area (Å²) in [4.78, 5) is 21.5. The van der Waals surface area contributed by atoms with Gasteiger partial charge in [0.25, 0.3) is 5.56 Å². The highest BCUT2D eigenvalue weighted by molar-refractivity contribution is 5.92. The van der Waals surface area contributed by atoms with Crippen molar-refractivity contribution in [2.75, 3.05) is 44.7 Å². The minimum Gasteiger partial charge on any atom is -0.497 e. The Morgan fingerprint density at radius 1 is 1.00 bits per heavy atom. The third-order valence-corrected chi connectivity index (χ3v) is 5.86. The fraction of sp³-hybridized carbons (Fsp3) is 0.304. The molecule has 0 aliphatic carbocycles. The van der Waals surface area contributed by atoms with Crippen LogP contribution in [0.1, 0.15) is 0 Å². The molecule has 0 radical (unpaired) electrons. The lowest BCUT2D eigenvalue weighted by molar-refractivity contribution is 0.242. The molecule has 0 saturated carbocycles. The van der Waals surface area contributed by atoms with Gasteiger partial charge in [-0.1, -0.05) is 0 Å². The lowest BCUT2D eigenvalue weighted by atomic mass is 10.1. The van der Waals surface area contributed by atoms with E-state index in [0.29, 0.717) is 12.4 Å². The standard InChI is InChI=1S/C23H25N7O2/c1-32-18-3-4-20-19(17-18)21(7-9-24-20)28-14-11-27(12-15-28)13-16-30-23(31)6-5-22(26-30)29-10-2-8-25-29/h2-10,17H,11-16H2,1H3. The van der Waals surface area contributed by atoms with Crippen LogP contribution in [0.3, 0.4) is 0 Å². The molecule has 0 spiro atoms. The molecule has 1 aromatic carbocycles. The van der Waals surface area contributed by atoms with Gasteiger partial charge in [0.15, 0.2) is 5.82 Å². The Kier molecular flexibility index (Phi) is 5.55. The lowest BCUT2D eigenvalue weighted by Crippen LogP contribution is -2.47. The van der Waals surface area contributed by atoms with Crippen LogP contribution in [-0.2, 0) is 6.54 Å². The van der Waals surface area contributed by atoms with Crippen molar-refractivity contribution in [1.29, 1.82) is 0 Å². The number of fused-ring (bicyclic) bond motifs is 1. The van der Waals surface area contributed by atoms with Crippen LogP contribution in [0.25, 0.3) is 16.7 Å². The first-order chi connectivity index (χ1) is 15.7. The van der Waals surface area contributed by atoms with Crippen LogP contribution in [-0.4, -0.2) is 69.3 Å². The largest absolute Gasteiger partial charge is 0.497 e. The second-order valence-corrected chi connectivity index (χ2v) is 7.75. The number of anilines is 1. The number of rotatable bonds is 6. The molecule has 164 valence electrons. The van der Waals surface area contributed by atoms with Crippen LogP contribution < -0.4 is 15.2 Å². The van der Waals surface area contributed by atoms with Gasteiger partial charge in [-0.2, -0.15) is 5.10 Å². The van der Waals surface area contributed by atoms with Gasteiger partial charge in [0.1, 0.15) is 5.75 Å². The molecule has 0 amide bonds. The third-order valence-electron chi connectivity index (χ3n) is 5.86. The lowest BCUT2D eigenvalue weighted by Gasteiger charge is -2.36.